The number of hydrogen-bond acceptors (Lipinski definition) is 4. The molecule has 0 aliphatic heterocycles. The number of alkyl halides is 2. The van der Waals surface area contributed by atoms with Gasteiger partial charge in [0.1, 0.15) is 10.7 Å². The van der Waals surface area contributed by atoms with Crippen molar-refractivity contribution in [2.24, 2.45) is 5.73 Å². The molecule has 0 aliphatic rings. The molecule has 0 bridgehead atoms. The number of nitrogens with two attached hydrogens (primary N) is 1. The van der Waals surface area contributed by atoms with E-state index in [0.717, 1.165) is 5.56 Å². The Morgan fingerprint density at radius 3 is 2.70 bits per heavy atom. The highest BCUT2D eigenvalue weighted by Gasteiger charge is 2.14. The molecule has 0 unspecified atom stereocenters. The summed E-state index contributed by atoms with van der Waals surface area (Å²) in [6.45, 7) is -0.0860. The lowest BCUT2D eigenvalue weighted by atomic mass is 10.1. The zero-order valence-electron chi connectivity index (χ0n) is 11.2. The number of thiocarbonyl (C=S) groups is 1. The molecule has 7 heteroatoms. The Bertz CT molecular complexity index is 458. The van der Waals surface area contributed by atoms with E-state index in [0.29, 0.717) is 17.9 Å². The average Bonchev–Trinajstić information content (AvgIpc) is 2.37. The van der Waals surface area contributed by atoms with Crippen molar-refractivity contribution in [1.82, 2.24) is 4.90 Å². The van der Waals surface area contributed by atoms with Crippen molar-refractivity contribution in [2.45, 2.75) is 13.0 Å². The molecule has 0 atom stereocenters. The number of rotatable bonds is 8. The number of methoxy groups -OCH3 is 1. The van der Waals surface area contributed by atoms with Crippen molar-refractivity contribution in [3.8, 4) is 5.75 Å². The number of aliphatic hydroxyl groups is 1. The van der Waals surface area contributed by atoms with Gasteiger partial charge in [-0.05, 0) is 17.7 Å². The molecule has 0 amide bonds. The van der Waals surface area contributed by atoms with Crippen LogP contribution in [0.4, 0.5) is 8.78 Å². The fourth-order valence-corrected chi connectivity index (χ4v) is 2.04. The third kappa shape index (κ3) is 4.99. The van der Waals surface area contributed by atoms with Crippen LogP contribution in [0.1, 0.15) is 11.1 Å². The monoisotopic (exact) mass is 304 g/mol. The van der Waals surface area contributed by atoms with E-state index in [2.05, 4.69) is 0 Å². The second-order valence-corrected chi connectivity index (χ2v) is 4.69. The number of halogens is 2. The Morgan fingerprint density at radius 1 is 1.50 bits per heavy atom. The van der Waals surface area contributed by atoms with Crippen molar-refractivity contribution in [2.75, 3.05) is 26.8 Å². The minimum atomic E-state index is -2.45. The van der Waals surface area contributed by atoms with Crippen LogP contribution in [0, 0.1) is 0 Å². The highest BCUT2D eigenvalue weighted by Crippen LogP contribution is 2.21. The maximum absolute atomic E-state index is 12.4. The van der Waals surface area contributed by atoms with Crippen molar-refractivity contribution in [3.63, 3.8) is 0 Å². The lowest BCUT2D eigenvalue weighted by Gasteiger charge is -2.21. The SMILES string of the molecule is COc1cc(CN(CCO)CC(F)F)ccc1C(N)=S. The molecule has 3 N–H and O–H groups in total. The van der Waals surface area contributed by atoms with Crippen LogP contribution in [-0.4, -0.2) is 48.2 Å². The average molecular weight is 304 g/mol. The molecule has 1 aromatic rings. The van der Waals surface area contributed by atoms with Crippen LogP contribution < -0.4 is 10.5 Å². The Morgan fingerprint density at radius 2 is 2.20 bits per heavy atom. The first-order valence-electron chi connectivity index (χ1n) is 6.06. The van der Waals surface area contributed by atoms with Gasteiger partial charge in [0.2, 0.25) is 0 Å². The first kappa shape index (κ1) is 16.7. The van der Waals surface area contributed by atoms with E-state index in [1.165, 1.54) is 12.0 Å². The number of benzene rings is 1. The van der Waals surface area contributed by atoms with Gasteiger partial charge in [-0.15, -0.1) is 0 Å². The minimum absolute atomic E-state index is 0.172. The molecule has 0 fully saturated rings. The maximum Gasteiger partial charge on any atom is 0.251 e. The fourth-order valence-electron chi connectivity index (χ4n) is 1.87. The molecule has 1 aromatic carbocycles. The predicted octanol–water partition coefficient (Wildman–Crippen LogP) is 1.39. The summed E-state index contributed by atoms with van der Waals surface area (Å²) >= 11 is 4.90. The number of ether oxygens (including phenoxy) is 1. The topological polar surface area (TPSA) is 58.7 Å². The summed E-state index contributed by atoms with van der Waals surface area (Å²) in [5.41, 5.74) is 6.96. The first-order chi connectivity index (χ1) is 9.47. The second-order valence-electron chi connectivity index (χ2n) is 4.25. The molecule has 0 radical (unpaired) electrons. The van der Waals surface area contributed by atoms with Crippen molar-refractivity contribution < 1.29 is 18.6 Å². The van der Waals surface area contributed by atoms with E-state index >= 15 is 0 Å². The predicted molar refractivity (Wildman–Crippen MR) is 77.2 cm³/mol. The molecule has 112 valence electrons. The van der Waals surface area contributed by atoms with Gasteiger partial charge >= 0.3 is 0 Å². The van der Waals surface area contributed by atoms with Gasteiger partial charge in [-0.25, -0.2) is 8.78 Å². The zero-order chi connectivity index (χ0) is 15.1. The van der Waals surface area contributed by atoms with E-state index in [4.69, 9.17) is 27.8 Å². The number of hydrogen-bond donors (Lipinski definition) is 2. The lowest BCUT2D eigenvalue weighted by molar-refractivity contribution is 0.0746. The molecule has 0 heterocycles. The molecule has 0 saturated heterocycles. The third-order valence-corrected chi connectivity index (χ3v) is 2.97. The summed E-state index contributed by atoms with van der Waals surface area (Å²) in [4.78, 5) is 1.69. The molecular formula is C13H18F2N2O2S. The molecule has 0 spiro atoms. The van der Waals surface area contributed by atoms with E-state index in [-0.39, 0.29) is 24.7 Å². The Labute approximate surface area is 122 Å². The van der Waals surface area contributed by atoms with Gasteiger partial charge in [0.15, 0.2) is 0 Å². The van der Waals surface area contributed by atoms with Gasteiger partial charge in [0, 0.05) is 13.1 Å². The van der Waals surface area contributed by atoms with Gasteiger partial charge in [-0.3, -0.25) is 4.90 Å². The Kier molecular flexibility index (Phi) is 6.77. The van der Waals surface area contributed by atoms with E-state index in [1.807, 2.05) is 0 Å². The van der Waals surface area contributed by atoms with Gasteiger partial charge < -0.3 is 15.6 Å². The van der Waals surface area contributed by atoms with Crippen LogP contribution in [-0.2, 0) is 6.54 Å². The van der Waals surface area contributed by atoms with Gasteiger partial charge in [-0.1, -0.05) is 18.3 Å². The lowest BCUT2D eigenvalue weighted by Crippen LogP contribution is -2.31. The van der Waals surface area contributed by atoms with Crippen LogP contribution in [0.5, 0.6) is 5.75 Å². The molecule has 20 heavy (non-hydrogen) atoms. The van der Waals surface area contributed by atoms with E-state index in [9.17, 15) is 8.78 Å². The fraction of sp³-hybridized carbons (Fsp3) is 0.462. The highest BCUT2D eigenvalue weighted by atomic mass is 32.1. The van der Waals surface area contributed by atoms with Gasteiger partial charge in [0.25, 0.3) is 6.43 Å². The summed E-state index contributed by atoms with van der Waals surface area (Å²) in [5.74, 6) is 0.510. The second kappa shape index (κ2) is 8.08. The maximum atomic E-state index is 12.4. The highest BCUT2D eigenvalue weighted by molar-refractivity contribution is 7.80. The summed E-state index contributed by atoms with van der Waals surface area (Å²) < 4.78 is 30.1. The standard InChI is InChI=1S/C13H18F2N2O2S/c1-19-11-6-9(2-3-10(11)13(16)20)7-17(4-5-18)8-12(14)15/h2-3,6,12,18H,4-5,7-8H2,1H3,(H2,16,20). The smallest absolute Gasteiger partial charge is 0.251 e. The summed E-state index contributed by atoms with van der Waals surface area (Å²) in [6.07, 6.45) is -2.45. The van der Waals surface area contributed by atoms with Crippen molar-refractivity contribution in [1.29, 1.82) is 0 Å². The van der Waals surface area contributed by atoms with E-state index < -0.39 is 6.43 Å². The van der Waals surface area contributed by atoms with Crippen LogP contribution in [0.15, 0.2) is 18.2 Å². The quantitative estimate of drug-likeness (QED) is 0.711. The normalized spacial score (nSPS) is 11.1. The van der Waals surface area contributed by atoms with Crippen LogP contribution >= 0.6 is 12.2 Å². The molecule has 4 nitrogen and oxygen atoms in total. The van der Waals surface area contributed by atoms with Crippen LogP contribution in [0.3, 0.4) is 0 Å². The Balaban J connectivity index is 2.87. The zero-order valence-corrected chi connectivity index (χ0v) is 12.0. The Hall–Kier alpha value is -1.31. The first-order valence-corrected chi connectivity index (χ1v) is 6.46. The third-order valence-electron chi connectivity index (χ3n) is 2.75. The largest absolute Gasteiger partial charge is 0.496 e. The van der Waals surface area contributed by atoms with Gasteiger partial charge in [-0.2, -0.15) is 0 Å². The van der Waals surface area contributed by atoms with Crippen LogP contribution in [0.25, 0.3) is 0 Å². The molecule has 0 aromatic heterocycles. The van der Waals surface area contributed by atoms with E-state index in [1.54, 1.807) is 18.2 Å². The summed E-state index contributed by atoms with van der Waals surface area (Å²) in [7, 11) is 1.49. The van der Waals surface area contributed by atoms with Crippen molar-refractivity contribution in [3.05, 3.63) is 29.3 Å². The molecule has 0 aliphatic carbocycles. The number of nitrogens with zero attached hydrogens (tertiary/aromatic N) is 1. The summed E-state index contributed by atoms with van der Waals surface area (Å²) in [5, 5.41) is 8.90. The number of aliphatic hydroxyl groups excluding tert-OH is 1. The summed E-state index contributed by atoms with van der Waals surface area (Å²) in [6, 6.07) is 5.17. The molecule has 1 rings (SSSR count). The van der Waals surface area contributed by atoms with Crippen LogP contribution in [0.2, 0.25) is 0 Å². The van der Waals surface area contributed by atoms with Gasteiger partial charge in [0.05, 0.1) is 25.8 Å². The molecular weight excluding hydrogens is 286 g/mol. The molecule has 0 saturated carbocycles. The van der Waals surface area contributed by atoms with Crippen molar-refractivity contribution >= 4 is 17.2 Å². The minimum Gasteiger partial charge on any atom is -0.496 e.